The van der Waals surface area contributed by atoms with E-state index < -0.39 is 9.84 Å². The van der Waals surface area contributed by atoms with Crippen LogP contribution >= 0.6 is 0 Å². The second kappa shape index (κ2) is 6.11. The summed E-state index contributed by atoms with van der Waals surface area (Å²) in [4.78, 5) is 4.70. The number of piperazine rings is 1. The minimum absolute atomic E-state index is 0.329. The number of sulfone groups is 1. The van der Waals surface area contributed by atoms with E-state index in [1.54, 1.807) is 19.1 Å². The fraction of sp³-hybridized carbons (Fsp3) is 0.571. The molecule has 1 atom stereocenters. The maximum Gasteiger partial charge on any atom is 0.177 e. The number of aliphatic hydroxyl groups excluding tert-OH is 1. The molecule has 112 valence electrons. The lowest BCUT2D eigenvalue weighted by atomic mass is 10.2. The average molecular weight is 298 g/mol. The topological polar surface area (TPSA) is 60.9 Å². The molecule has 1 N–H and O–H groups in total. The van der Waals surface area contributed by atoms with Crippen molar-refractivity contribution in [2.24, 2.45) is 0 Å². The first-order chi connectivity index (χ1) is 9.38. The third-order valence-electron chi connectivity index (χ3n) is 3.50. The Hall–Kier alpha value is -1.11. The molecule has 6 heteroatoms. The molecule has 0 aliphatic carbocycles. The lowest BCUT2D eigenvalue weighted by Crippen LogP contribution is -2.48. The first-order valence-corrected chi connectivity index (χ1v) is 8.71. The minimum Gasteiger partial charge on any atom is -0.392 e. The highest BCUT2D eigenvalue weighted by molar-refractivity contribution is 7.90. The number of anilines is 1. The van der Waals surface area contributed by atoms with E-state index in [1.165, 1.54) is 6.26 Å². The minimum atomic E-state index is -3.21. The second-order valence-corrected chi connectivity index (χ2v) is 7.36. The van der Waals surface area contributed by atoms with Gasteiger partial charge in [0.2, 0.25) is 0 Å². The molecule has 1 aromatic rings. The standard InChI is InChI=1S/C14H22N2O3S/c1-12(17)11-15-7-9-16(10-8-15)13-5-3-4-6-14(13)20(2,18)19/h3-6,12,17H,7-11H2,1-2H3/t12-/m1/s1. The van der Waals surface area contributed by atoms with Crippen LogP contribution in [0.5, 0.6) is 0 Å². The van der Waals surface area contributed by atoms with Crippen LogP contribution in [0, 0.1) is 0 Å². The van der Waals surface area contributed by atoms with Crippen molar-refractivity contribution in [2.75, 3.05) is 43.9 Å². The van der Waals surface area contributed by atoms with Crippen LogP contribution in [0.3, 0.4) is 0 Å². The van der Waals surface area contributed by atoms with Gasteiger partial charge in [0.1, 0.15) is 0 Å². The number of hydrogen-bond acceptors (Lipinski definition) is 5. The van der Waals surface area contributed by atoms with Gasteiger partial charge < -0.3 is 10.0 Å². The SMILES string of the molecule is C[C@@H](O)CN1CCN(c2ccccc2S(C)(=O)=O)CC1. The third-order valence-corrected chi connectivity index (χ3v) is 4.64. The smallest absolute Gasteiger partial charge is 0.177 e. The number of nitrogens with zero attached hydrogens (tertiary/aromatic N) is 2. The van der Waals surface area contributed by atoms with Gasteiger partial charge in [-0.25, -0.2) is 8.42 Å². The predicted octanol–water partition coefficient (Wildman–Crippen LogP) is 0.593. The van der Waals surface area contributed by atoms with Crippen LogP contribution in [-0.4, -0.2) is 63.5 Å². The van der Waals surface area contributed by atoms with Crippen LogP contribution in [0.4, 0.5) is 5.69 Å². The Bertz CT molecular complexity index is 549. The quantitative estimate of drug-likeness (QED) is 0.882. The molecular formula is C14H22N2O3S. The summed E-state index contributed by atoms with van der Waals surface area (Å²) in [6, 6.07) is 7.14. The fourth-order valence-electron chi connectivity index (χ4n) is 2.58. The number of para-hydroxylation sites is 1. The van der Waals surface area contributed by atoms with Gasteiger partial charge in [-0.05, 0) is 19.1 Å². The van der Waals surface area contributed by atoms with E-state index in [1.807, 2.05) is 12.1 Å². The predicted molar refractivity (Wildman–Crippen MR) is 79.9 cm³/mol. The zero-order chi connectivity index (χ0) is 14.8. The van der Waals surface area contributed by atoms with Gasteiger partial charge in [-0.15, -0.1) is 0 Å². The van der Waals surface area contributed by atoms with Gasteiger partial charge in [-0.2, -0.15) is 0 Å². The van der Waals surface area contributed by atoms with Crippen molar-refractivity contribution < 1.29 is 13.5 Å². The largest absolute Gasteiger partial charge is 0.392 e. The number of rotatable bonds is 4. The molecule has 1 aliphatic heterocycles. The number of aliphatic hydroxyl groups is 1. The summed E-state index contributed by atoms with van der Waals surface area (Å²) in [6.45, 7) is 5.68. The van der Waals surface area contributed by atoms with Crippen molar-refractivity contribution in [3.05, 3.63) is 24.3 Å². The van der Waals surface area contributed by atoms with Crippen molar-refractivity contribution in [2.45, 2.75) is 17.9 Å². The zero-order valence-corrected chi connectivity index (χ0v) is 12.8. The van der Waals surface area contributed by atoms with E-state index >= 15 is 0 Å². The molecule has 20 heavy (non-hydrogen) atoms. The van der Waals surface area contributed by atoms with Gasteiger partial charge in [0.25, 0.3) is 0 Å². The monoisotopic (exact) mass is 298 g/mol. The van der Waals surface area contributed by atoms with Crippen molar-refractivity contribution in [3.8, 4) is 0 Å². The Balaban J connectivity index is 2.12. The second-order valence-electron chi connectivity index (χ2n) is 5.38. The number of hydrogen-bond donors (Lipinski definition) is 1. The van der Waals surface area contributed by atoms with E-state index in [0.29, 0.717) is 11.4 Å². The molecule has 1 aliphatic rings. The number of benzene rings is 1. The van der Waals surface area contributed by atoms with Crippen LogP contribution in [0.2, 0.25) is 0 Å². The summed E-state index contributed by atoms with van der Waals surface area (Å²) in [5, 5.41) is 9.40. The average Bonchev–Trinajstić information content (AvgIpc) is 2.38. The fourth-order valence-corrected chi connectivity index (χ4v) is 3.48. The van der Waals surface area contributed by atoms with Gasteiger partial charge >= 0.3 is 0 Å². The van der Waals surface area contributed by atoms with Crippen LogP contribution < -0.4 is 4.90 Å². The van der Waals surface area contributed by atoms with Crippen molar-refractivity contribution >= 4 is 15.5 Å². The first-order valence-electron chi connectivity index (χ1n) is 6.82. The molecule has 0 bridgehead atoms. The molecule has 1 aromatic carbocycles. The van der Waals surface area contributed by atoms with E-state index in [0.717, 1.165) is 31.9 Å². The molecular weight excluding hydrogens is 276 g/mol. The van der Waals surface area contributed by atoms with Gasteiger partial charge in [0.15, 0.2) is 9.84 Å². The van der Waals surface area contributed by atoms with Crippen molar-refractivity contribution in [1.82, 2.24) is 4.90 Å². The maximum absolute atomic E-state index is 11.8. The maximum atomic E-state index is 11.8. The van der Waals surface area contributed by atoms with Crippen molar-refractivity contribution in [1.29, 1.82) is 0 Å². The van der Waals surface area contributed by atoms with Crippen LogP contribution in [-0.2, 0) is 9.84 Å². The molecule has 5 nitrogen and oxygen atoms in total. The summed E-state index contributed by atoms with van der Waals surface area (Å²) in [5.41, 5.74) is 0.784. The summed E-state index contributed by atoms with van der Waals surface area (Å²) in [6.07, 6.45) is 0.917. The van der Waals surface area contributed by atoms with Crippen LogP contribution in [0.1, 0.15) is 6.92 Å². The molecule has 1 fully saturated rings. The summed E-state index contributed by atoms with van der Waals surface area (Å²) in [7, 11) is -3.21. The lowest BCUT2D eigenvalue weighted by molar-refractivity contribution is 0.122. The van der Waals surface area contributed by atoms with E-state index in [2.05, 4.69) is 9.80 Å². The van der Waals surface area contributed by atoms with E-state index in [4.69, 9.17) is 0 Å². The van der Waals surface area contributed by atoms with Gasteiger partial charge in [-0.3, -0.25) is 4.90 Å². The molecule has 0 saturated carbocycles. The highest BCUT2D eigenvalue weighted by Crippen LogP contribution is 2.25. The highest BCUT2D eigenvalue weighted by Gasteiger charge is 2.22. The van der Waals surface area contributed by atoms with Gasteiger partial charge in [-0.1, -0.05) is 12.1 Å². The highest BCUT2D eigenvalue weighted by atomic mass is 32.2. The molecule has 1 saturated heterocycles. The Morgan fingerprint density at radius 2 is 1.80 bits per heavy atom. The zero-order valence-electron chi connectivity index (χ0n) is 12.0. The van der Waals surface area contributed by atoms with Crippen LogP contribution in [0.15, 0.2) is 29.2 Å². The molecule has 0 amide bonds. The molecule has 0 radical (unpaired) electrons. The molecule has 2 rings (SSSR count). The third kappa shape index (κ3) is 3.71. The Kier molecular flexibility index (Phi) is 4.67. The summed E-state index contributed by atoms with van der Waals surface area (Å²) < 4.78 is 23.7. The van der Waals surface area contributed by atoms with Crippen LogP contribution in [0.25, 0.3) is 0 Å². The molecule has 0 aromatic heterocycles. The van der Waals surface area contributed by atoms with E-state index in [9.17, 15) is 13.5 Å². The first kappa shape index (κ1) is 15.3. The van der Waals surface area contributed by atoms with Gasteiger partial charge in [0, 0.05) is 39.0 Å². The Labute approximate surface area is 120 Å². The normalized spacial score (nSPS) is 19.1. The molecule has 1 heterocycles. The lowest BCUT2D eigenvalue weighted by Gasteiger charge is -2.37. The molecule has 0 unspecified atom stereocenters. The number of β-amino-alcohol motifs (C(OH)–C–C–N with tert-alkyl or cyclic N) is 1. The van der Waals surface area contributed by atoms with E-state index in [-0.39, 0.29) is 6.10 Å². The van der Waals surface area contributed by atoms with Crippen molar-refractivity contribution in [3.63, 3.8) is 0 Å². The Morgan fingerprint density at radius 3 is 2.35 bits per heavy atom. The summed E-state index contributed by atoms with van der Waals surface area (Å²) in [5.74, 6) is 0. The molecule has 0 spiro atoms. The summed E-state index contributed by atoms with van der Waals surface area (Å²) >= 11 is 0. The Morgan fingerprint density at radius 1 is 1.20 bits per heavy atom. The van der Waals surface area contributed by atoms with Gasteiger partial charge in [0.05, 0.1) is 16.7 Å².